The van der Waals surface area contributed by atoms with Gasteiger partial charge in [-0.3, -0.25) is 0 Å². The van der Waals surface area contributed by atoms with Gasteiger partial charge in [0.05, 0.1) is 6.10 Å². The molecule has 5 nitrogen and oxygen atoms in total. The highest BCUT2D eigenvalue weighted by atomic mass is 16.5. The maximum atomic E-state index is 9.39. The third kappa shape index (κ3) is 3.26. The number of hydrogen-bond donors (Lipinski definition) is 2. The van der Waals surface area contributed by atoms with Crippen LogP contribution in [0.15, 0.2) is 4.52 Å². The van der Waals surface area contributed by atoms with Crippen molar-refractivity contribution in [3.05, 3.63) is 11.7 Å². The van der Waals surface area contributed by atoms with E-state index < -0.39 is 12.1 Å². The number of hydrogen-bond acceptors (Lipinski definition) is 5. The summed E-state index contributed by atoms with van der Waals surface area (Å²) in [6.45, 7) is 10.1. The highest BCUT2D eigenvalue weighted by Crippen LogP contribution is 2.30. The molecule has 0 unspecified atom stereocenters. The Bertz CT molecular complexity index is 339. The summed E-state index contributed by atoms with van der Waals surface area (Å²) in [4.78, 5) is 4.31. The molecule has 0 aromatic carbocycles. The molecule has 1 aromatic heterocycles. The minimum absolute atomic E-state index is 0.244. The third-order valence-electron chi connectivity index (χ3n) is 3.00. The molecular weight excluding hydrogens is 218 g/mol. The van der Waals surface area contributed by atoms with Crippen molar-refractivity contribution in [2.24, 2.45) is 17.6 Å². The minimum Gasteiger partial charge on any atom is -0.391 e. The molecule has 0 saturated heterocycles. The smallest absolute Gasteiger partial charge is 0.246 e. The quantitative estimate of drug-likeness (QED) is 0.821. The van der Waals surface area contributed by atoms with Gasteiger partial charge in [-0.25, -0.2) is 0 Å². The first-order chi connectivity index (χ1) is 7.84. The Morgan fingerprint density at radius 2 is 1.65 bits per heavy atom. The van der Waals surface area contributed by atoms with Crippen molar-refractivity contribution in [1.29, 1.82) is 0 Å². The van der Waals surface area contributed by atoms with Crippen LogP contribution in [0.25, 0.3) is 0 Å². The molecule has 0 bridgehead atoms. The van der Waals surface area contributed by atoms with Gasteiger partial charge in [0.25, 0.3) is 0 Å². The van der Waals surface area contributed by atoms with Gasteiger partial charge >= 0.3 is 0 Å². The minimum atomic E-state index is -0.695. The maximum Gasteiger partial charge on any atom is 0.246 e. The number of aliphatic hydroxyl groups excluding tert-OH is 1. The van der Waals surface area contributed by atoms with Crippen molar-refractivity contribution in [1.82, 2.24) is 10.1 Å². The second-order valence-corrected chi connectivity index (χ2v) is 5.27. The standard InChI is InChI=1S/C12H23N3O2/c1-6(2)9(7(3)4)11-14-12(17-15-11)10(13)8(5)16/h6-10,16H,13H2,1-5H3/t8-,10+/m1/s1. The van der Waals surface area contributed by atoms with Crippen molar-refractivity contribution < 1.29 is 9.63 Å². The van der Waals surface area contributed by atoms with Gasteiger partial charge in [0.2, 0.25) is 5.89 Å². The molecule has 2 atom stereocenters. The van der Waals surface area contributed by atoms with Crippen LogP contribution < -0.4 is 5.73 Å². The number of rotatable bonds is 5. The summed E-state index contributed by atoms with van der Waals surface area (Å²) in [6.07, 6.45) is -0.695. The second-order valence-electron chi connectivity index (χ2n) is 5.27. The molecular formula is C12H23N3O2. The second kappa shape index (κ2) is 5.60. The molecule has 0 fully saturated rings. The fourth-order valence-corrected chi connectivity index (χ4v) is 2.09. The van der Waals surface area contributed by atoms with Gasteiger partial charge in [-0.1, -0.05) is 32.9 Å². The van der Waals surface area contributed by atoms with Crippen molar-refractivity contribution in [3.63, 3.8) is 0 Å². The van der Waals surface area contributed by atoms with Crippen LogP contribution in [0, 0.1) is 11.8 Å². The Morgan fingerprint density at radius 3 is 2.06 bits per heavy atom. The summed E-state index contributed by atoms with van der Waals surface area (Å²) in [5.74, 6) is 2.10. The highest BCUT2D eigenvalue weighted by Gasteiger charge is 2.27. The summed E-state index contributed by atoms with van der Waals surface area (Å²) in [7, 11) is 0. The van der Waals surface area contributed by atoms with Crippen LogP contribution in [0.1, 0.15) is 58.3 Å². The van der Waals surface area contributed by atoms with E-state index in [0.29, 0.717) is 23.6 Å². The highest BCUT2D eigenvalue weighted by molar-refractivity contribution is 5.01. The maximum absolute atomic E-state index is 9.39. The van der Waals surface area contributed by atoms with Crippen LogP contribution in [0.4, 0.5) is 0 Å². The van der Waals surface area contributed by atoms with E-state index in [9.17, 15) is 5.11 Å². The molecule has 0 radical (unpaired) electrons. The lowest BCUT2D eigenvalue weighted by Crippen LogP contribution is -2.23. The number of aliphatic hydroxyl groups is 1. The van der Waals surface area contributed by atoms with Crippen LogP contribution in [-0.4, -0.2) is 21.4 Å². The van der Waals surface area contributed by atoms with Crippen molar-refractivity contribution in [3.8, 4) is 0 Å². The molecule has 0 spiro atoms. The molecule has 1 heterocycles. The van der Waals surface area contributed by atoms with Crippen molar-refractivity contribution >= 4 is 0 Å². The normalized spacial score (nSPS) is 15.9. The van der Waals surface area contributed by atoms with Crippen LogP contribution in [0.2, 0.25) is 0 Å². The van der Waals surface area contributed by atoms with E-state index in [1.54, 1.807) is 6.92 Å². The van der Waals surface area contributed by atoms with Crippen LogP contribution in [0.5, 0.6) is 0 Å². The molecule has 0 saturated carbocycles. The topological polar surface area (TPSA) is 85.2 Å². The summed E-state index contributed by atoms with van der Waals surface area (Å²) in [6, 6.07) is -0.615. The molecule has 17 heavy (non-hydrogen) atoms. The fraction of sp³-hybridized carbons (Fsp3) is 0.833. The Balaban J connectivity index is 2.93. The Morgan fingerprint density at radius 1 is 1.12 bits per heavy atom. The molecule has 5 heteroatoms. The van der Waals surface area contributed by atoms with E-state index in [0.717, 1.165) is 0 Å². The SMILES string of the molecule is CC(C)C(c1noc([C@@H](N)[C@@H](C)O)n1)C(C)C. The van der Waals surface area contributed by atoms with Gasteiger partial charge in [-0.05, 0) is 18.8 Å². The Hall–Kier alpha value is -0.940. The monoisotopic (exact) mass is 241 g/mol. The van der Waals surface area contributed by atoms with E-state index in [2.05, 4.69) is 37.8 Å². The largest absolute Gasteiger partial charge is 0.391 e. The van der Waals surface area contributed by atoms with Crippen molar-refractivity contribution in [2.45, 2.75) is 52.7 Å². The molecule has 0 amide bonds. The van der Waals surface area contributed by atoms with Gasteiger partial charge < -0.3 is 15.4 Å². The molecule has 0 aliphatic rings. The van der Waals surface area contributed by atoms with E-state index in [-0.39, 0.29) is 5.92 Å². The first kappa shape index (κ1) is 14.1. The van der Waals surface area contributed by atoms with E-state index in [1.807, 2.05) is 0 Å². The first-order valence-electron chi connectivity index (χ1n) is 6.11. The predicted octanol–water partition coefficient (Wildman–Crippen LogP) is 1.85. The zero-order chi connectivity index (χ0) is 13.2. The van der Waals surface area contributed by atoms with Crippen LogP contribution in [-0.2, 0) is 0 Å². The lowest BCUT2D eigenvalue weighted by molar-refractivity contribution is 0.146. The van der Waals surface area contributed by atoms with Gasteiger partial charge in [-0.15, -0.1) is 0 Å². The fourth-order valence-electron chi connectivity index (χ4n) is 2.09. The van der Waals surface area contributed by atoms with Gasteiger partial charge in [0.15, 0.2) is 5.82 Å². The first-order valence-corrected chi connectivity index (χ1v) is 6.11. The van der Waals surface area contributed by atoms with Crippen LogP contribution >= 0.6 is 0 Å². The van der Waals surface area contributed by atoms with E-state index >= 15 is 0 Å². The summed E-state index contributed by atoms with van der Waals surface area (Å²) in [5.41, 5.74) is 5.76. The van der Waals surface area contributed by atoms with Gasteiger partial charge in [0, 0.05) is 5.92 Å². The van der Waals surface area contributed by atoms with E-state index in [1.165, 1.54) is 0 Å². The molecule has 1 aromatic rings. The predicted molar refractivity (Wildman–Crippen MR) is 65.3 cm³/mol. The molecule has 1 rings (SSSR count). The Kier molecular flexibility index (Phi) is 4.65. The molecule has 0 aliphatic heterocycles. The molecule has 98 valence electrons. The van der Waals surface area contributed by atoms with E-state index in [4.69, 9.17) is 10.3 Å². The molecule has 0 aliphatic carbocycles. The average molecular weight is 241 g/mol. The van der Waals surface area contributed by atoms with Crippen LogP contribution in [0.3, 0.4) is 0 Å². The third-order valence-corrected chi connectivity index (χ3v) is 3.00. The summed E-state index contributed by atoms with van der Waals surface area (Å²) in [5, 5.41) is 13.4. The average Bonchev–Trinajstić information content (AvgIpc) is 2.64. The van der Waals surface area contributed by atoms with Gasteiger partial charge in [-0.2, -0.15) is 4.98 Å². The number of aromatic nitrogens is 2. The summed E-state index contributed by atoms with van der Waals surface area (Å²) >= 11 is 0. The van der Waals surface area contributed by atoms with Gasteiger partial charge in [0.1, 0.15) is 6.04 Å². The number of nitrogens with two attached hydrogens (primary N) is 1. The lowest BCUT2D eigenvalue weighted by atomic mass is 9.85. The number of nitrogens with zero attached hydrogens (tertiary/aromatic N) is 2. The zero-order valence-electron chi connectivity index (χ0n) is 11.2. The molecule has 3 N–H and O–H groups in total. The summed E-state index contributed by atoms with van der Waals surface area (Å²) < 4.78 is 5.12. The zero-order valence-corrected chi connectivity index (χ0v) is 11.2. The van der Waals surface area contributed by atoms with Crippen molar-refractivity contribution in [2.75, 3.05) is 0 Å². The lowest BCUT2D eigenvalue weighted by Gasteiger charge is -2.20. The Labute approximate surface area is 102 Å².